The van der Waals surface area contributed by atoms with Crippen molar-refractivity contribution < 1.29 is 4.74 Å². The molecule has 0 bridgehead atoms. The van der Waals surface area contributed by atoms with E-state index in [9.17, 15) is 0 Å². The van der Waals surface area contributed by atoms with Crippen LogP contribution in [0.15, 0.2) is 0 Å². The Kier molecular flexibility index (Phi) is 5.97. The number of piperazine rings is 1. The fraction of sp³-hybridized carbons (Fsp3) is 0.833. The van der Waals surface area contributed by atoms with Gasteiger partial charge < -0.3 is 4.74 Å². The number of halogens is 1. The van der Waals surface area contributed by atoms with Gasteiger partial charge in [0.2, 0.25) is 0 Å². The Morgan fingerprint density at radius 2 is 2.32 bits per heavy atom. The summed E-state index contributed by atoms with van der Waals surface area (Å²) in [7, 11) is 1.76. The van der Waals surface area contributed by atoms with E-state index in [1.54, 1.807) is 7.11 Å². The lowest BCUT2D eigenvalue weighted by atomic mass is 10.1. The molecule has 0 saturated carbocycles. The van der Waals surface area contributed by atoms with Crippen LogP contribution in [0, 0.1) is 0 Å². The lowest BCUT2D eigenvalue weighted by molar-refractivity contribution is 0.0460. The van der Waals surface area contributed by atoms with E-state index < -0.39 is 0 Å². The van der Waals surface area contributed by atoms with Gasteiger partial charge in [0, 0.05) is 57.4 Å². The number of methoxy groups -OCH3 is 1. The predicted molar refractivity (Wildman–Crippen MR) is 77.7 cm³/mol. The SMILES string of the molecule is CCC1CN(Cc2nnsc2Cl)CCN1CCOC. The van der Waals surface area contributed by atoms with Crippen LogP contribution in [-0.4, -0.2) is 65.3 Å². The van der Waals surface area contributed by atoms with E-state index in [1.165, 1.54) is 11.5 Å². The minimum Gasteiger partial charge on any atom is -0.383 e. The summed E-state index contributed by atoms with van der Waals surface area (Å²) in [5, 5.41) is 4.09. The molecule has 1 saturated heterocycles. The van der Waals surface area contributed by atoms with Crippen LogP contribution < -0.4 is 0 Å². The summed E-state index contributed by atoms with van der Waals surface area (Å²) in [5.74, 6) is 0. The van der Waals surface area contributed by atoms with Crippen molar-refractivity contribution >= 4 is 23.1 Å². The van der Waals surface area contributed by atoms with Crippen LogP contribution in [0.25, 0.3) is 0 Å². The zero-order valence-corrected chi connectivity index (χ0v) is 13.1. The highest BCUT2D eigenvalue weighted by molar-refractivity contribution is 7.10. The molecular formula is C12H21ClN4OS. The molecule has 1 unspecified atom stereocenters. The number of hydrogen-bond acceptors (Lipinski definition) is 6. The Labute approximate surface area is 123 Å². The second-order valence-corrected chi connectivity index (χ2v) is 6.18. The topological polar surface area (TPSA) is 41.5 Å². The van der Waals surface area contributed by atoms with E-state index in [0.717, 1.165) is 55.8 Å². The van der Waals surface area contributed by atoms with Crippen molar-refractivity contribution in [1.82, 2.24) is 19.4 Å². The van der Waals surface area contributed by atoms with Gasteiger partial charge in [-0.1, -0.05) is 23.0 Å². The molecule has 0 radical (unpaired) electrons. The van der Waals surface area contributed by atoms with E-state index in [4.69, 9.17) is 16.3 Å². The van der Waals surface area contributed by atoms with E-state index in [2.05, 4.69) is 26.3 Å². The Morgan fingerprint density at radius 3 is 2.95 bits per heavy atom. The minimum atomic E-state index is 0.592. The van der Waals surface area contributed by atoms with Gasteiger partial charge in [-0.2, -0.15) is 0 Å². The van der Waals surface area contributed by atoms with Gasteiger partial charge in [0.1, 0.15) is 10.0 Å². The summed E-state index contributed by atoms with van der Waals surface area (Å²) in [6.45, 7) is 8.06. The molecule has 1 aromatic heterocycles. The third-order valence-corrected chi connectivity index (χ3v) is 4.61. The largest absolute Gasteiger partial charge is 0.383 e. The number of rotatable bonds is 6. The molecule has 0 amide bonds. The first-order valence-corrected chi connectivity index (χ1v) is 7.81. The van der Waals surface area contributed by atoms with Crippen LogP contribution in [-0.2, 0) is 11.3 Å². The summed E-state index contributed by atoms with van der Waals surface area (Å²) in [6.07, 6.45) is 1.16. The second kappa shape index (κ2) is 7.50. The third-order valence-electron chi connectivity index (χ3n) is 3.63. The normalized spacial score (nSPS) is 21.9. The van der Waals surface area contributed by atoms with Crippen LogP contribution in [0.3, 0.4) is 0 Å². The molecule has 108 valence electrons. The summed E-state index contributed by atoms with van der Waals surface area (Å²) < 4.78 is 9.78. The summed E-state index contributed by atoms with van der Waals surface area (Å²) >= 11 is 7.33. The first-order chi connectivity index (χ1) is 9.24. The van der Waals surface area contributed by atoms with E-state index in [0.29, 0.717) is 6.04 Å². The maximum Gasteiger partial charge on any atom is 0.138 e. The van der Waals surface area contributed by atoms with Crippen LogP contribution in [0.4, 0.5) is 0 Å². The summed E-state index contributed by atoms with van der Waals surface area (Å²) in [5.41, 5.74) is 0.909. The number of nitrogens with zero attached hydrogens (tertiary/aromatic N) is 4. The molecule has 19 heavy (non-hydrogen) atoms. The highest BCUT2D eigenvalue weighted by Crippen LogP contribution is 2.21. The molecule has 0 spiro atoms. The molecule has 0 aliphatic carbocycles. The van der Waals surface area contributed by atoms with Gasteiger partial charge in [0.05, 0.1) is 6.61 Å². The van der Waals surface area contributed by atoms with Gasteiger partial charge in [-0.3, -0.25) is 9.80 Å². The number of hydrogen-bond donors (Lipinski definition) is 0. The van der Waals surface area contributed by atoms with Crippen LogP contribution >= 0.6 is 23.1 Å². The fourth-order valence-electron chi connectivity index (χ4n) is 2.49. The van der Waals surface area contributed by atoms with Gasteiger partial charge in [-0.05, 0) is 6.42 Å². The first kappa shape index (κ1) is 15.1. The van der Waals surface area contributed by atoms with E-state index in [1.807, 2.05) is 0 Å². The summed E-state index contributed by atoms with van der Waals surface area (Å²) in [6, 6.07) is 0.592. The van der Waals surface area contributed by atoms with Crippen LogP contribution in [0.1, 0.15) is 19.0 Å². The lowest BCUT2D eigenvalue weighted by Crippen LogP contribution is -2.53. The molecule has 1 fully saturated rings. The zero-order valence-electron chi connectivity index (χ0n) is 11.5. The van der Waals surface area contributed by atoms with Gasteiger partial charge in [-0.15, -0.1) is 5.10 Å². The van der Waals surface area contributed by atoms with Crippen molar-refractivity contribution in [2.75, 3.05) is 39.9 Å². The Balaban J connectivity index is 1.88. The smallest absolute Gasteiger partial charge is 0.138 e. The molecule has 0 N–H and O–H groups in total. The van der Waals surface area contributed by atoms with Crippen molar-refractivity contribution in [3.8, 4) is 0 Å². The van der Waals surface area contributed by atoms with Crippen molar-refractivity contribution in [1.29, 1.82) is 0 Å². The molecule has 2 heterocycles. The average molecular weight is 305 g/mol. The molecule has 5 nitrogen and oxygen atoms in total. The highest BCUT2D eigenvalue weighted by Gasteiger charge is 2.26. The third kappa shape index (κ3) is 4.10. The van der Waals surface area contributed by atoms with Gasteiger partial charge in [-0.25, -0.2) is 0 Å². The number of aromatic nitrogens is 2. The molecule has 7 heteroatoms. The molecule has 1 aromatic rings. The molecule has 0 aromatic carbocycles. The maximum atomic E-state index is 6.07. The molecule has 2 rings (SSSR count). The lowest BCUT2D eigenvalue weighted by Gasteiger charge is -2.40. The van der Waals surface area contributed by atoms with Gasteiger partial charge >= 0.3 is 0 Å². The Hall–Kier alpha value is -0.270. The monoisotopic (exact) mass is 304 g/mol. The quantitative estimate of drug-likeness (QED) is 0.801. The number of ether oxygens (including phenoxy) is 1. The van der Waals surface area contributed by atoms with Crippen molar-refractivity contribution in [2.45, 2.75) is 25.9 Å². The standard InChI is InChI=1S/C12H21ClN4OS/c1-3-10-8-16(4-5-17(10)6-7-18-2)9-11-12(13)19-15-14-11/h10H,3-9H2,1-2H3. The van der Waals surface area contributed by atoms with Gasteiger partial charge in [0.25, 0.3) is 0 Å². The molecule has 1 aliphatic heterocycles. The van der Waals surface area contributed by atoms with E-state index in [-0.39, 0.29) is 0 Å². The Bertz CT molecular complexity index is 390. The minimum absolute atomic E-state index is 0.592. The van der Waals surface area contributed by atoms with E-state index >= 15 is 0 Å². The molecule has 1 atom stereocenters. The van der Waals surface area contributed by atoms with Crippen molar-refractivity contribution in [3.63, 3.8) is 0 Å². The predicted octanol–water partition coefficient (Wildman–Crippen LogP) is 1.73. The summed E-state index contributed by atoms with van der Waals surface area (Å²) in [4.78, 5) is 4.93. The van der Waals surface area contributed by atoms with Crippen molar-refractivity contribution in [3.05, 3.63) is 10.0 Å². The van der Waals surface area contributed by atoms with Gasteiger partial charge in [0.15, 0.2) is 0 Å². The first-order valence-electron chi connectivity index (χ1n) is 6.66. The molecule has 1 aliphatic rings. The van der Waals surface area contributed by atoms with Crippen LogP contribution in [0.2, 0.25) is 4.34 Å². The second-order valence-electron chi connectivity index (χ2n) is 4.82. The zero-order chi connectivity index (χ0) is 13.7. The maximum absolute atomic E-state index is 6.07. The molecular weight excluding hydrogens is 284 g/mol. The Morgan fingerprint density at radius 1 is 1.47 bits per heavy atom. The highest BCUT2D eigenvalue weighted by atomic mass is 35.5. The van der Waals surface area contributed by atoms with Crippen LogP contribution in [0.5, 0.6) is 0 Å². The van der Waals surface area contributed by atoms with Crippen molar-refractivity contribution in [2.24, 2.45) is 0 Å². The fourth-order valence-corrected chi connectivity index (χ4v) is 3.11. The average Bonchev–Trinajstić information content (AvgIpc) is 2.82.